The summed E-state index contributed by atoms with van der Waals surface area (Å²) in [7, 11) is 1.65. The molecule has 1 aliphatic carbocycles. The summed E-state index contributed by atoms with van der Waals surface area (Å²) in [6.45, 7) is 2.22. The molecule has 4 nitrogen and oxygen atoms in total. The molecule has 0 bridgehead atoms. The Labute approximate surface area is 130 Å². The second kappa shape index (κ2) is 6.86. The Kier molecular flexibility index (Phi) is 4.88. The molecular formula is C16H22ClNO3. The van der Waals surface area contributed by atoms with Gasteiger partial charge in [0.1, 0.15) is 6.10 Å². The molecule has 21 heavy (non-hydrogen) atoms. The minimum Gasteiger partial charge on any atom is -0.493 e. The van der Waals surface area contributed by atoms with Gasteiger partial charge in [-0.2, -0.15) is 0 Å². The van der Waals surface area contributed by atoms with Crippen molar-refractivity contribution in [1.82, 2.24) is 5.32 Å². The van der Waals surface area contributed by atoms with E-state index < -0.39 is 0 Å². The smallest absolute Gasteiger partial charge is 0.166 e. The zero-order valence-corrected chi connectivity index (χ0v) is 13.1. The van der Waals surface area contributed by atoms with Crippen LogP contribution in [-0.2, 0) is 11.3 Å². The van der Waals surface area contributed by atoms with Crippen LogP contribution in [0.15, 0.2) is 12.1 Å². The van der Waals surface area contributed by atoms with Crippen LogP contribution in [0.3, 0.4) is 0 Å². The number of rotatable bonds is 6. The fraction of sp³-hybridized carbons (Fsp3) is 0.625. The highest BCUT2D eigenvalue weighted by atomic mass is 35.5. The van der Waals surface area contributed by atoms with Crippen LogP contribution in [-0.4, -0.2) is 32.5 Å². The van der Waals surface area contributed by atoms with E-state index in [0.717, 1.165) is 37.3 Å². The summed E-state index contributed by atoms with van der Waals surface area (Å²) < 4.78 is 17.1. The van der Waals surface area contributed by atoms with Crippen LogP contribution in [0.5, 0.6) is 11.5 Å². The van der Waals surface area contributed by atoms with E-state index >= 15 is 0 Å². The van der Waals surface area contributed by atoms with Gasteiger partial charge in [0.25, 0.3) is 0 Å². The van der Waals surface area contributed by atoms with E-state index in [1.165, 1.54) is 12.8 Å². The van der Waals surface area contributed by atoms with E-state index in [1.807, 2.05) is 6.07 Å². The maximum atomic E-state index is 6.19. The van der Waals surface area contributed by atoms with Crippen LogP contribution in [0.1, 0.15) is 31.2 Å². The number of halogens is 1. The Hall–Kier alpha value is -0.970. The van der Waals surface area contributed by atoms with Gasteiger partial charge in [-0.25, -0.2) is 0 Å². The Bertz CT molecular complexity index is 485. The molecule has 116 valence electrons. The van der Waals surface area contributed by atoms with Gasteiger partial charge in [-0.15, -0.1) is 0 Å². The monoisotopic (exact) mass is 311 g/mol. The summed E-state index contributed by atoms with van der Waals surface area (Å²) in [5.74, 6) is 1.49. The van der Waals surface area contributed by atoms with Crippen LogP contribution in [0, 0.1) is 0 Å². The topological polar surface area (TPSA) is 39.7 Å². The predicted octanol–water partition coefficient (Wildman–Crippen LogP) is 3.16. The predicted molar refractivity (Wildman–Crippen MR) is 82.3 cm³/mol. The fourth-order valence-corrected chi connectivity index (χ4v) is 2.78. The van der Waals surface area contributed by atoms with Crippen molar-refractivity contribution in [3.63, 3.8) is 0 Å². The zero-order valence-electron chi connectivity index (χ0n) is 12.4. The molecule has 1 N–H and O–H groups in total. The van der Waals surface area contributed by atoms with Gasteiger partial charge < -0.3 is 19.5 Å². The van der Waals surface area contributed by atoms with Crippen LogP contribution in [0.4, 0.5) is 0 Å². The molecule has 1 unspecified atom stereocenters. The summed E-state index contributed by atoms with van der Waals surface area (Å²) in [6.07, 6.45) is 4.65. The molecule has 1 atom stereocenters. The molecule has 5 heteroatoms. The Morgan fingerprint density at radius 2 is 2.19 bits per heavy atom. The van der Waals surface area contributed by atoms with Gasteiger partial charge in [0.05, 0.1) is 13.7 Å². The first-order valence-corrected chi connectivity index (χ1v) is 7.98. The van der Waals surface area contributed by atoms with Crippen molar-refractivity contribution in [3.8, 4) is 11.5 Å². The number of nitrogens with one attached hydrogen (secondary N) is 1. The Balaban J connectivity index is 1.78. The van der Waals surface area contributed by atoms with Crippen LogP contribution in [0.25, 0.3) is 0 Å². The van der Waals surface area contributed by atoms with Crippen molar-refractivity contribution >= 4 is 11.6 Å². The van der Waals surface area contributed by atoms with Crippen molar-refractivity contribution in [2.45, 2.75) is 44.4 Å². The second-order valence-electron chi connectivity index (χ2n) is 5.71. The first kappa shape index (κ1) is 14.9. The molecule has 2 fully saturated rings. The Morgan fingerprint density at radius 1 is 1.33 bits per heavy atom. The van der Waals surface area contributed by atoms with Crippen LogP contribution in [0.2, 0.25) is 5.02 Å². The molecule has 1 aromatic carbocycles. The van der Waals surface area contributed by atoms with Gasteiger partial charge in [0.2, 0.25) is 0 Å². The van der Waals surface area contributed by atoms with Gasteiger partial charge in [-0.3, -0.25) is 0 Å². The number of hydrogen-bond donors (Lipinski definition) is 1. The highest BCUT2D eigenvalue weighted by Gasteiger charge is 2.23. The third-order valence-corrected chi connectivity index (χ3v) is 4.10. The molecule has 2 aliphatic rings. The standard InChI is InChI=1S/C16H22ClNO3/c1-19-15-8-12(17)7-11(9-18-13-4-5-13)16(15)21-14-3-2-6-20-10-14/h7-8,13-14,18H,2-6,9-10H2,1H3. The van der Waals surface area contributed by atoms with Crippen LogP contribution >= 0.6 is 11.6 Å². The first-order chi connectivity index (χ1) is 10.3. The van der Waals surface area contributed by atoms with E-state index in [2.05, 4.69) is 5.32 Å². The lowest BCUT2D eigenvalue weighted by atomic mass is 10.1. The Morgan fingerprint density at radius 3 is 2.86 bits per heavy atom. The fourth-order valence-electron chi connectivity index (χ4n) is 2.55. The lowest BCUT2D eigenvalue weighted by Crippen LogP contribution is -2.29. The molecule has 0 spiro atoms. The van der Waals surface area contributed by atoms with E-state index in [1.54, 1.807) is 13.2 Å². The van der Waals surface area contributed by atoms with Crippen molar-refractivity contribution in [2.24, 2.45) is 0 Å². The van der Waals surface area contributed by atoms with Gasteiger partial charge in [0, 0.05) is 35.8 Å². The van der Waals surface area contributed by atoms with E-state index in [9.17, 15) is 0 Å². The van der Waals surface area contributed by atoms with E-state index in [0.29, 0.717) is 23.4 Å². The normalized spacial score (nSPS) is 22.1. The quantitative estimate of drug-likeness (QED) is 0.876. The summed E-state index contributed by atoms with van der Waals surface area (Å²) >= 11 is 6.19. The molecule has 0 radical (unpaired) electrons. The van der Waals surface area contributed by atoms with Crippen LogP contribution < -0.4 is 14.8 Å². The number of benzene rings is 1. The highest BCUT2D eigenvalue weighted by Crippen LogP contribution is 2.36. The summed E-state index contributed by atoms with van der Waals surface area (Å²) in [6, 6.07) is 4.40. The molecule has 1 heterocycles. The largest absolute Gasteiger partial charge is 0.493 e. The van der Waals surface area contributed by atoms with Gasteiger partial charge in [-0.1, -0.05) is 11.6 Å². The molecule has 0 amide bonds. The van der Waals surface area contributed by atoms with Crippen molar-refractivity contribution in [2.75, 3.05) is 20.3 Å². The molecule has 0 aromatic heterocycles. The molecular weight excluding hydrogens is 290 g/mol. The molecule has 1 aliphatic heterocycles. The summed E-state index contributed by atoms with van der Waals surface area (Å²) in [5.41, 5.74) is 1.05. The maximum absolute atomic E-state index is 6.19. The second-order valence-corrected chi connectivity index (χ2v) is 6.14. The lowest BCUT2D eigenvalue weighted by Gasteiger charge is -2.26. The van der Waals surface area contributed by atoms with Gasteiger partial charge in [-0.05, 0) is 31.7 Å². The van der Waals surface area contributed by atoms with Gasteiger partial charge >= 0.3 is 0 Å². The zero-order chi connectivity index (χ0) is 14.7. The van der Waals surface area contributed by atoms with Crippen molar-refractivity contribution in [3.05, 3.63) is 22.7 Å². The van der Waals surface area contributed by atoms with Gasteiger partial charge in [0.15, 0.2) is 11.5 Å². The SMILES string of the molecule is COc1cc(Cl)cc(CNC2CC2)c1OC1CCCOC1. The van der Waals surface area contributed by atoms with Crippen molar-refractivity contribution in [1.29, 1.82) is 0 Å². The minimum absolute atomic E-state index is 0.0912. The first-order valence-electron chi connectivity index (χ1n) is 7.60. The maximum Gasteiger partial charge on any atom is 0.166 e. The van der Waals surface area contributed by atoms with E-state index in [4.69, 9.17) is 25.8 Å². The molecule has 1 saturated heterocycles. The average Bonchev–Trinajstić information content (AvgIpc) is 3.32. The number of hydrogen-bond acceptors (Lipinski definition) is 4. The minimum atomic E-state index is 0.0912. The molecule has 3 rings (SSSR count). The van der Waals surface area contributed by atoms with E-state index in [-0.39, 0.29) is 6.10 Å². The molecule has 1 saturated carbocycles. The average molecular weight is 312 g/mol. The number of ether oxygens (including phenoxy) is 3. The van der Waals surface area contributed by atoms with Crippen molar-refractivity contribution < 1.29 is 14.2 Å². The third kappa shape index (κ3) is 4.02. The number of methoxy groups -OCH3 is 1. The molecule has 1 aromatic rings. The summed E-state index contributed by atoms with van der Waals surface area (Å²) in [4.78, 5) is 0. The third-order valence-electron chi connectivity index (χ3n) is 3.88. The lowest BCUT2D eigenvalue weighted by molar-refractivity contribution is 0.00599. The summed E-state index contributed by atoms with van der Waals surface area (Å²) in [5, 5.41) is 4.18. The highest BCUT2D eigenvalue weighted by molar-refractivity contribution is 6.30.